The van der Waals surface area contributed by atoms with Crippen molar-refractivity contribution in [3.63, 3.8) is 0 Å². The van der Waals surface area contributed by atoms with E-state index in [1.54, 1.807) is 18.2 Å². The van der Waals surface area contributed by atoms with Gasteiger partial charge in [0, 0.05) is 12.8 Å². The summed E-state index contributed by atoms with van der Waals surface area (Å²) in [6.07, 6.45) is 0.327. The lowest BCUT2D eigenvalue weighted by atomic mass is 9.99. The number of amides is 1. The maximum atomic E-state index is 12.3. The zero-order chi connectivity index (χ0) is 17.1. The third kappa shape index (κ3) is 3.85. The van der Waals surface area contributed by atoms with Crippen molar-refractivity contribution in [2.45, 2.75) is 16.9 Å². The first-order chi connectivity index (χ1) is 10.8. The maximum absolute atomic E-state index is 12.3. The largest absolute Gasteiger partial charge is 0.479 e. The summed E-state index contributed by atoms with van der Waals surface area (Å²) >= 11 is 1.45. The van der Waals surface area contributed by atoms with E-state index in [4.69, 9.17) is 0 Å². The highest BCUT2D eigenvalue weighted by Crippen LogP contribution is 2.28. The Balaban J connectivity index is 2.06. The summed E-state index contributed by atoms with van der Waals surface area (Å²) < 4.78 is 25.6. The van der Waals surface area contributed by atoms with Gasteiger partial charge in [0.05, 0.1) is 11.4 Å². The van der Waals surface area contributed by atoms with Crippen molar-refractivity contribution in [2.24, 2.45) is 0 Å². The average molecular weight is 358 g/mol. The molecule has 1 saturated heterocycles. The van der Waals surface area contributed by atoms with Gasteiger partial charge in [-0.15, -0.1) is 0 Å². The van der Waals surface area contributed by atoms with Gasteiger partial charge < -0.3 is 10.4 Å². The van der Waals surface area contributed by atoms with Crippen LogP contribution in [0.3, 0.4) is 0 Å². The minimum atomic E-state index is -3.79. The molecule has 1 aromatic rings. The molecule has 0 radical (unpaired) electrons. The van der Waals surface area contributed by atoms with Crippen molar-refractivity contribution in [2.75, 3.05) is 25.1 Å². The van der Waals surface area contributed by atoms with Crippen LogP contribution in [0.15, 0.2) is 35.2 Å². The fourth-order valence-corrected chi connectivity index (χ4v) is 4.73. The van der Waals surface area contributed by atoms with E-state index in [-0.39, 0.29) is 10.6 Å². The van der Waals surface area contributed by atoms with Crippen LogP contribution in [0.25, 0.3) is 0 Å². The van der Waals surface area contributed by atoms with E-state index in [9.17, 15) is 23.1 Å². The Morgan fingerprint density at radius 3 is 2.52 bits per heavy atom. The maximum Gasteiger partial charge on any atom is 0.330 e. The number of benzene rings is 1. The van der Waals surface area contributed by atoms with Crippen LogP contribution in [-0.4, -0.2) is 60.3 Å². The molecule has 126 valence electrons. The number of carboxylic acid groups (broad SMARTS) is 1. The predicted octanol–water partition coefficient (Wildman–Crippen LogP) is 0.384. The number of nitrogens with zero attached hydrogens (tertiary/aromatic N) is 1. The highest BCUT2D eigenvalue weighted by Gasteiger charge is 2.43. The quantitative estimate of drug-likeness (QED) is 0.762. The molecule has 1 fully saturated rings. The minimum absolute atomic E-state index is 0.0830. The van der Waals surface area contributed by atoms with Crippen molar-refractivity contribution >= 4 is 33.7 Å². The van der Waals surface area contributed by atoms with Crippen molar-refractivity contribution in [3.05, 3.63) is 30.3 Å². The molecule has 1 amide bonds. The number of nitrogens with one attached hydrogen (secondary N) is 1. The molecule has 1 aliphatic heterocycles. The van der Waals surface area contributed by atoms with E-state index in [1.165, 1.54) is 30.9 Å². The molecule has 1 atom stereocenters. The summed E-state index contributed by atoms with van der Waals surface area (Å²) in [5, 5.41) is 11.8. The van der Waals surface area contributed by atoms with Crippen molar-refractivity contribution in [1.29, 1.82) is 0 Å². The van der Waals surface area contributed by atoms with E-state index in [1.807, 2.05) is 0 Å². The number of carboxylic acids is 1. The molecule has 2 N–H and O–H groups in total. The molecule has 2 rings (SSSR count). The highest BCUT2D eigenvalue weighted by molar-refractivity contribution is 7.99. The Morgan fingerprint density at radius 1 is 1.35 bits per heavy atom. The van der Waals surface area contributed by atoms with Crippen molar-refractivity contribution in [1.82, 2.24) is 9.62 Å². The second kappa shape index (κ2) is 6.90. The number of aliphatic carboxylic acids is 1. The minimum Gasteiger partial charge on any atom is -0.479 e. The van der Waals surface area contributed by atoms with Gasteiger partial charge in [-0.1, -0.05) is 18.2 Å². The monoisotopic (exact) mass is 358 g/mol. The van der Waals surface area contributed by atoms with Crippen LogP contribution in [0.5, 0.6) is 0 Å². The van der Waals surface area contributed by atoms with Crippen LogP contribution in [0, 0.1) is 0 Å². The summed E-state index contributed by atoms with van der Waals surface area (Å²) in [6, 6.07) is 7.76. The third-order valence-corrected chi connectivity index (χ3v) is 6.63. The van der Waals surface area contributed by atoms with Crippen LogP contribution in [0.1, 0.15) is 6.42 Å². The molecule has 0 spiro atoms. The van der Waals surface area contributed by atoms with Crippen LogP contribution in [0.4, 0.5) is 0 Å². The summed E-state index contributed by atoms with van der Waals surface area (Å²) in [5.41, 5.74) is -1.31. The second-order valence-corrected chi connectivity index (χ2v) is 8.46. The molecule has 1 aromatic carbocycles. The third-order valence-electron chi connectivity index (χ3n) is 3.63. The molecule has 23 heavy (non-hydrogen) atoms. The number of rotatable bonds is 6. The SMILES string of the molecule is CN(CC(=O)NC1(C(=O)O)CCSC1)S(=O)(=O)c1ccccc1. The lowest BCUT2D eigenvalue weighted by Gasteiger charge is -2.26. The highest BCUT2D eigenvalue weighted by atomic mass is 32.2. The number of thioether (sulfide) groups is 1. The second-order valence-electron chi connectivity index (χ2n) is 5.31. The van der Waals surface area contributed by atoms with Gasteiger partial charge in [-0.2, -0.15) is 16.1 Å². The fraction of sp³-hybridized carbons (Fsp3) is 0.429. The summed E-state index contributed by atoms with van der Waals surface area (Å²) in [4.78, 5) is 23.6. The predicted molar refractivity (Wildman–Crippen MR) is 86.7 cm³/mol. The summed E-state index contributed by atoms with van der Waals surface area (Å²) in [7, 11) is -2.50. The van der Waals surface area contributed by atoms with Gasteiger partial charge >= 0.3 is 5.97 Å². The first-order valence-electron chi connectivity index (χ1n) is 6.91. The Kier molecular flexibility index (Phi) is 5.33. The molecule has 1 unspecified atom stereocenters. The molecule has 9 heteroatoms. The molecule has 1 aliphatic rings. The van der Waals surface area contributed by atoms with E-state index < -0.39 is 34.0 Å². The number of likely N-dealkylation sites (N-methyl/N-ethyl adjacent to an activating group) is 1. The number of hydrogen-bond acceptors (Lipinski definition) is 5. The number of hydrogen-bond donors (Lipinski definition) is 2. The lowest BCUT2D eigenvalue weighted by molar-refractivity contribution is -0.146. The standard InChI is InChI=1S/C14H18N2O5S2/c1-16(23(20,21)11-5-3-2-4-6-11)9-12(17)15-14(13(18)19)7-8-22-10-14/h2-6H,7-10H2,1H3,(H,15,17)(H,18,19). The molecule has 0 bridgehead atoms. The van der Waals surface area contributed by atoms with Crippen LogP contribution in [0.2, 0.25) is 0 Å². The van der Waals surface area contributed by atoms with Gasteiger partial charge in [0.2, 0.25) is 15.9 Å². The Hall–Kier alpha value is -1.58. The zero-order valence-corrected chi connectivity index (χ0v) is 14.2. The van der Waals surface area contributed by atoms with Gasteiger partial charge in [0.25, 0.3) is 0 Å². The Morgan fingerprint density at radius 2 is 2.00 bits per heavy atom. The number of carbonyl (C=O) groups excluding carboxylic acids is 1. The fourth-order valence-electron chi connectivity index (χ4n) is 2.25. The van der Waals surface area contributed by atoms with Gasteiger partial charge in [-0.05, 0) is 24.3 Å². The van der Waals surface area contributed by atoms with Gasteiger partial charge in [0.15, 0.2) is 0 Å². The number of carbonyl (C=O) groups is 2. The van der Waals surface area contributed by atoms with Crippen LogP contribution < -0.4 is 5.32 Å². The van der Waals surface area contributed by atoms with Crippen molar-refractivity contribution < 1.29 is 23.1 Å². The van der Waals surface area contributed by atoms with E-state index in [0.717, 1.165) is 4.31 Å². The molecular formula is C14H18N2O5S2. The average Bonchev–Trinajstić information content (AvgIpc) is 2.97. The summed E-state index contributed by atoms with van der Waals surface area (Å²) in [5.74, 6) is -0.796. The normalized spacial score (nSPS) is 21.3. The molecule has 0 aromatic heterocycles. The van der Waals surface area contributed by atoms with E-state index in [2.05, 4.69) is 5.32 Å². The van der Waals surface area contributed by atoms with E-state index >= 15 is 0 Å². The topological polar surface area (TPSA) is 104 Å². The van der Waals surface area contributed by atoms with Gasteiger partial charge in [-0.25, -0.2) is 13.2 Å². The lowest BCUT2D eigenvalue weighted by Crippen LogP contribution is -2.56. The Labute approximate surface area is 139 Å². The molecule has 1 heterocycles. The zero-order valence-electron chi connectivity index (χ0n) is 12.6. The molecule has 0 saturated carbocycles. The van der Waals surface area contributed by atoms with Crippen molar-refractivity contribution in [3.8, 4) is 0 Å². The van der Waals surface area contributed by atoms with Crippen LogP contribution in [-0.2, 0) is 19.6 Å². The molecule has 0 aliphatic carbocycles. The smallest absolute Gasteiger partial charge is 0.330 e. The Bertz CT molecular complexity index is 684. The van der Waals surface area contributed by atoms with Gasteiger partial charge in [0.1, 0.15) is 5.54 Å². The van der Waals surface area contributed by atoms with Crippen LogP contribution >= 0.6 is 11.8 Å². The first-order valence-corrected chi connectivity index (χ1v) is 9.51. The summed E-state index contributed by atoms with van der Waals surface area (Å²) in [6.45, 7) is -0.434. The van der Waals surface area contributed by atoms with E-state index in [0.29, 0.717) is 12.2 Å². The molecular weight excluding hydrogens is 340 g/mol. The van der Waals surface area contributed by atoms with Gasteiger partial charge in [-0.3, -0.25) is 4.79 Å². The first kappa shape index (κ1) is 17.8. The molecule has 7 nitrogen and oxygen atoms in total. The number of sulfonamides is 1.